The number of nitrogens with zero attached hydrogens (tertiary/aromatic N) is 2. The molecule has 1 N–H and O–H groups in total. The summed E-state index contributed by atoms with van der Waals surface area (Å²) in [7, 11) is 1.94. The third-order valence-electron chi connectivity index (χ3n) is 2.88. The molecule has 0 amide bonds. The zero-order chi connectivity index (χ0) is 13.0. The predicted molar refractivity (Wildman–Crippen MR) is 74.8 cm³/mol. The van der Waals surface area contributed by atoms with E-state index in [1.807, 2.05) is 36.1 Å². The molecule has 1 aromatic carbocycles. The second kappa shape index (κ2) is 6.03. The lowest BCUT2D eigenvalue weighted by atomic mass is 10.0. The Labute approximate surface area is 113 Å². The number of hydrogen-bond acceptors (Lipinski definition) is 2. The van der Waals surface area contributed by atoms with E-state index in [9.17, 15) is 0 Å². The van der Waals surface area contributed by atoms with Crippen molar-refractivity contribution in [1.82, 2.24) is 15.1 Å². The topological polar surface area (TPSA) is 29.9 Å². The Balaban J connectivity index is 2.17. The Morgan fingerprint density at radius 1 is 1.39 bits per heavy atom. The van der Waals surface area contributed by atoms with Gasteiger partial charge in [0.05, 0.1) is 5.69 Å². The first-order valence-electron chi connectivity index (χ1n) is 6.16. The molecule has 1 unspecified atom stereocenters. The summed E-state index contributed by atoms with van der Waals surface area (Å²) >= 11 is 6.05. The largest absolute Gasteiger partial charge is 0.310 e. The fraction of sp³-hybridized carbons (Fsp3) is 0.357. The maximum atomic E-state index is 6.05. The van der Waals surface area contributed by atoms with Crippen molar-refractivity contribution in [3.63, 3.8) is 0 Å². The van der Waals surface area contributed by atoms with Gasteiger partial charge in [0.2, 0.25) is 0 Å². The van der Waals surface area contributed by atoms with E-state index in [1.165, 1.54) is 5.56 Å². The zero-order valence-corrected chi connectivity index (χ0v) is 11.5. The van der Waals surface area contributed by atoms with Gasteiger partial charge in [-0.25, -0.2) is 0 Å². The van der Waals surface area contributed by atoms with E-state index in [0.717, 1.165) is 23.7 Å². The minimum absolute atomic E-state index is 0.253. The van der Waals surface area contributed by atoms with E-state index in [0.29, 0.717) is 0 Å². The van der Waals surface area contributed by atoms with Crippen LogP contribution in [0.2, 0.25) is 5.02 Å². The van der Waals surface area contributed by atoms with Gasteiger partial charge in [0.1, 0.15) is 0 Å². The van der Waals surface area contributed by atoms with Crippen molar-refractivity contribution in [3.05, 3.63) is 52.8 Å². The van der Waals surface area contributed by atoms with E-state index < -0.39 is 0 Å². The van der Waals surface area contributed by atoms with Crippen molar-refractivity contribution >= 4 is 11.6 Å². The predicted octanol–water partition coefficient (Wildman–Crippen LogP) is 2.97. The van der Waals surface area contributed by atoms with E-state index >= 15 is 0 Å². The highest BCUT2D eigenvalue weighted by atomic mass is 35.5. The molecule has 0 spiro atoms. The summed E-state index contributed by atoms with van der Waals surface area (Å²) in [6.45, 7) is 3.03. The van der Waals surface area contributed by atoms with E-state index in [1.54, 1.807) is 0 Å². The number of halogens is 1. The van der Waals surface area contributed by atoms with Gasteiger partial charge in [-0.2, -0.15) is 5.10 Å². The minimum Gasteiger partial charge on any atom is -0.310 e. The average Bonchev–Trinajstić information content (AvgIpc) is 2.74. The van der Waals surface area contributed by atoms with Crippen LogP contribution in [0, 0.1) is 0 Å². The molecule has 0 radical (unpaired) electrons. The number of likely N-dealkylation sites (N-methyl/N-ethyl adjacent to an activating group) is 1. The Hall–Kier alpha value is -1.32. The van der Waals surface area contributed by atoms with E-state index in [2.05, 4.69) is 29.5 Å². The number of aryl methyl sites for hydroxylation is 1. The van der Waals surface area contributed by atoms with Crippen LogP contribution in [0.3, 0.4) is 0 Å². The fourth-order valence-electron chi connectivity index (χ4n) is 2.06. The Kier molecular flexibility index (Phi) is 4.39. The lowest BCUT2D eigenvalue weighted by molar-refractivity contribution is 0.540. The van der Waals surface area contributed by atoms with Crippen molar-refractivity contribution in [1.29, 1.82) is 0 Å². The van der Waals surface area contributed by atoms with Gasteiger partial charge in [-0.05, 0) is 30.3 Å². The standard InChI is InChI=1S/C14H18ClN3/c1-3-16-14(10-13-7-8-18(2)17-13)11-5-4-6-12(15)9-11/h4-9,14,16H,3,10H2,1-2H3. The quantitative estimate of drug-likeness (QED) is 0.899. The molecular formula is C14H18ClN3. The molecule has 0 fully saturated rings. The molecule has 3 nitrogen and oxygen atoms in total. The van der Waals surface area contributed by atoms with Gasteiger partial charge < -0.3 is 5.32 Å². The van der Waals surface area contributed by atoms with Crippen LogP contribution >= 0.6 is 11.6 Å². The molecule has 2 aromatic rings. The first-order valence-corrected chi connectivity index (χ1v) is 6.54. The molecule has 0 bridgehead atoms. The van der Waals surface area contributed by atoms with Gasteiger partial charge in [-0.1, -0.05) is 30.7 Å². The SMILES string of the molecule is CCNC(Cc1ccn(C)n1)c1cccc(Cl)c1. The van der Waals surface area contributed by atoms with Crippen LogP contribution in [0.4, 0.5) is 0 Å². The van der Waals surface area contributed by atoms with Gasteiger partial charge in [-0.3, -0.25) is 4.68 Å². The minimum atomic E-state index is 0.253. The van der Waals surface area contributed by atoms with Crippen LogP contribution in [0.5, 0.6) is 0 Å². The van der Waals surface area contributed by atoms with Crippen LogP contribution in [-0.4, -0.2) is 16.3 Å². The summed E-state index contributed by atoms with van der Waals surface area (Å²) in [5.41, 5.74) is 2.29. The number of hydrogen-bond donors (Lipinski definition) is 1. The second-order valence-electron chi connectivity index (χ2n) is 4.35. The van der Waals surface area contributed by atoms with Gasteiger partial charge in [0.25, 0.3) is 0 Å². The van der Waals surface area contributed by atoms with Crippen LogP contribution < -0.4 is 5.32 Å². The third kappa shape index (κ3) is 3.34. The highest BCUT2D eigenvalue weighted by molar-refractivity contribution is 6.30. The summed E-state index contributed by atoms with van der Waals surface area (Å²) in [6, 6.07) is 10.3. The molecule has 0 aliphatic carbocycles. The Morgan fingerprint density at radius 3 is 2.83 bits per heavy atom. The van der Waals surface area contributed by atoms with Crippen molar-refractivity contribution in [2.75, 3.05) is 6.54 Å². The number of benzene rings is 1. The molecule has 96 valence electrons. The first-order chi connectivity index (χ1) is 8.69. The maximum Gasteiger partial charge on any atom is 0.0643 e. The molecule has 0 saturated carbocycles. The molecule has 2 rings (SSSR count). The normalized spacial score (nSPS) is 12.6. The van der Waals surface area contributed by atoms with Crippen LogP contribution in [0.1, 0.15) is 24.2 Å². The van der Waals surface area contributed by atoms with Crippen LogP contribution in [0.25, 0.3) is 0 Å². The molecule has 18 heavy (non-hydrogen) atoms. The fourth-order valence-corrected chi connectivity index (χ4v) is 2.26. The molecule has 0 saturated heterocycles. The zero-order valence-electron chi connectivity index (χ0n) is 10.7. The van der Waals surface area contributed by atoms with Gasteiger partial charge in [0, 0.05) is 30.7 Å². The number of rotatable bonds is 5. The molecule has 0 aliphatic heterocycles. The maximum absolute atomic E-state index is 6.05. The molecule has 4 heteroatoms. The molecule has 1 aromatic heterocycles. The summed E-state index contributed by atoms with van der Waals surface area (Å²) in [6.07, 6.45) is 2.84. The van der Waals surface area contributed by atoms with Crippen molar-refractivity contribution in [2.45, 2.75) is 19.4 Å². The molecular weight excluding hydrogens is 246 g/mol. The summed E-state index contributed by atoms with van der Waals surface area (Å²) in [5.74, 6) is 0. The summed E-state index contributed by atoms with van der Waals surface area (Å²) in [4.78, 5) is 0. The van der Waals surface area contributed by atoms with E-state index in [4.69, 9.17) is 11.6 Å². The highest BCUT2D eigenvalue weighted by Gasteiger charge is 2.12. The smallest absolute Gasteiger partial charge is 0.0643 e. The van der Waals surface area contributed by atoms with Crippen LogP contribution in [-0.2, 0) is 13.5 Å². The van der Waals surface area contributed by atoms with Crippen molar-refractivity contribution in [2.24, 2.45) is 7.05 Å². The van der Waals surface area contributed by atoms with Gasteiger partial charge in [-0.15, -0.1) is 0 Å². The van der Waals surface area contributed by atoms with Crippen molar-refractivity contribution in [3.8, 4) is 0 Å². The van der Waals surface area contributed by atoms with Gasteiger partial charge >= 0.3 is 0 Å². The summed E-state index contributed by atoms with van der Waals surface area (Å²) < 4.78 is 1.83. The highest BCUT2D eigenvalue weighted by Crippen LogP contribution is 2.20. The number of aromatic nitrogens is 2. The van der Waals surface area contributed by atoms with E-state index in [-0.39, 0.29) is 6.04 Å². The third-order valence-corrected chi connectivity index (χ3v) is 3.12. The monoisotopic (exact) mass is 263 g/mol. The molecule has 1 atom stereocenters. The number of nitrogens with one attached hydrogen (secondary N) is 1. The lowest BCUT2D eigenvalue weighted by Crippen LogP contribution is -2.23. The second-order valence-corrected chi connectivity index (χ2v) is 4.79. The van der Waals surface area contributed by atoms with Crippen LogP contribution in [0.15, 0.2) is 36.5 Å². The van der Waals surface area contributed by atoms with Gasteiger partial charge in [0.15, 0.2) is 0 Å². The van der Waals surface area contributed by atoms with Crippen molar-refractivity contribution < 1.29 is 0 Å². The molecule has 1 heterocycles. The Morgan fingerprint density at radius 2 is 2.22 bits per heavy atom. The molecule has 0 aliphatic rings. The average molecular weight is 264 g/mol. The first kappa shape index (κ1) is 13.1. The lowest BCUT2D eigenvalue weighted by Gasteiger charge is -2.17. The summed E-state index contributed by atoms with van der Waals surface area (Å²) in [5, 5.41) is 8.67. The Bertz CT molecular complexity index is 507.